The fraction of sp³-hybridized carbons (Fsp3) is 0.526. The van der Waals surface area contributed by atoms with E-state index in [1.807, 2.05) is 0 Å². The van der Waals surface area contributed by atoms with E-state index in [2.05, 4.69) is 20.8 Å². The highest BCUT2D eigenvalue weighted by molar-refractivity contribution is 7.99. The Bertz CT molecular complexity index is 1050. The Morgan fingerprint density at radius 2 is 2.19 bits per heavy atom. The minimum Gasteiger partial charge on any atom is -0.462 e. The van der Waals surface area contributed by atoms with Crippen LogP contribution in [0.5, 0.6) is 0 Å². The first-order chi connectivity index (χ1) is 15.3. The fourth-order valence-electron chi connectivity index (χ4n) is 3.24. The molecule has 1 aliphatic rings. The normalized spacial score (nSPS) is 15.5. The smallest absolute Gasteiger partial charge is 0.344 e. The average molecular weight is 484 g/mol. The van der Waals surface area contributed by atoms with Crippen molar-refractivity contribution < 1.29 is 23.9 Å². The van der Waals surface area contributed by atoms with Crippen molar-refractivity contribution in [3.63, 3.8) is 0 Å². The Morgan fingerprint density at radius 3 is 2.84 bits per heavy atom. The number of ether oxygens (including phenoxy) is 2. The highest BCUT2D eigenvalue weighted by Gasteiger charge is 2.26. The van der Waals surface area contributed by atoms with Gasteiger partial charge in [0.15, 0.2) is 5.16 Å². The van der Waals surface area contributed by atoms with E-state index >= 15 is 0 Å². The molecule has 2 amide bonds. The van der Waals surface area contributed by atoms with Crippen LogP contribution in [-0.4, -0.2) is 64.7 Å². The first-order valence-corrected chi connectivity index (χ1v) is 11.9. The summed E-state index contributed by atoms with van der Waals surface area (Å²) in [5.74, 6) is -1.44. The van der Waals surface area contributed by atoms with E-state index in [-0.39, 0.29) is 40.6 Å². The largest absolute Gasteiger partial charge is 0.462 e. The van der Waals surface area contributed by atoms with E-state index in [4.69, 9.17) is 9.47 Å². The van der Waals surface area contributed by atoms with E-state index in [0.29, 0.717) is 28.7 Å². The van der Waals surface area contributed by atoms with Gasteiger partial charge in [0.2, 0.25) is 5.91 Å². The number of carbonyl (C=O) groups is 3. The van der Waals surface area contributed by atoms with Crippen molar-refractivity contribution >= 4 is 45.9 Å². The van der Waals surface area contributed by atoms with Gasteiger partial charge in [-0.2, -0.15) is 0 Å². The number of esters is 1. The van der Waals surface area contributed by atoms with Crippen LogP contribution in [0, 0.1) is 6.92 Å². The SMILES string of the molecule is CCOC(=O)c1c(NC(=O)CSc2n[nH]c(=O)n2CC2CCCO2)sc(C(=O)NC)c1C. The van der Waals surface area contributed by atoms with Crippen molar-refractivity contribution in [3.05, 3.63) is 26.5 Å². The van der Waals surface area contributed by atoms with Crippen LogP contribution in [0.1, 0.15) is 45.4 Å². The first-order valence-electron chi connectivity index (χ1n) is 10.1. The molecule has 0 saturated carbocycles. The number of amides is 2. The van der Waals surface area contributed by atoms with Gasteiger partial charge in [0.25, 0.3) is 5.91 Å². The Kier molecular flexibility index (Phi) is 8.10. The summed E-state index contributed by atoms with van der Waals surface area (Å²) < 4.78 is 12.1. The minimum atomic E-state index is -0.614. The lowest BCUT2D eigenvalue weighted by molar-refractivity contribution is -0.113. The molecule has 3 heterocycles. The van der Waals surface area contributed by atoms with Crippen molar-refractivity contribution in [1.82, 2.24) is 20.1 Å². The second-order valence-corrected chi connectivity index (χ2v) is 8.92. The van der Waals surface area contributed by atoms with Gasteiger partial charge in [0.05, 0.1) is 35.4 Å². The van der Waals surface area contributed by atoms with Gasteiger partial charge in [-0.05, 0) is 32.3 Å². The summed E-state index contributed by atoms with van der Waals surface area (Å²) in [5.41, 5.74) is 0.231. The predicted octanol–water partition coefficient (Wildman–Crippen LogP) is 1.39. The average Bonchev–Trinajstić information content (AvgIpc) is 3.47. The summed E-state index contributed by atoms with van der Waals surface area (Å²) in [5, 5.41) is 12.2. The molecule has 1 unspecified atom stereocenters. The van der Waals surface area contributed by atoms with Crippen molar-refractivity contribution in [2.45, 2.75) is 44.5 Å². The second-order valence-electron chi connectivity index (χ2n) is 6.95. The molecule has 0 aliphatic carbocycles. The van der Waals surface area contributed by atoms with Gasteiger partial charge >= 0.3 is 11.7 Å². The topological polar surface area (TPSA) is 144 Å². The monoisotopic (exact) mass is 483 g/mol. The molecule has 11 nitrogen and oxygen atoms in total. The molecule has 174 valence electrons. The summed E-state index contributed by atoms with van der Waals surface area (Å²) in [7, 11) is 1.49. The Hall–Kier alpha value is -2.64. The zero-order valence-corrected chi connectivity index (χ0v) is 19.6. The number of H-pyrrole nitrogens is 1. The molecular formula is C19H25N5O6S2. The fourth-order valence-corrected chi connectivity index (χ4v) is 5.15. The van der Waals surface area contributed by atoms with Gasteiger partial charge in [0.1, 0.15) is 5.00 Å². The van der Waals surface area contributed by atoms with Crippen LogP contribution in [0.15, 0.2) is 9.95 Å². The maximum absolute atomic E-state index is 12.6. The number of nitrogens with one attached hydrogen (secondary N) is 3. The number of rotatable bonds is 9. The third-order valence-electron chi connectivity index (χ3n) is 4.78. The number of nitrogens with zero attached hydrogens (tertiary/aromatic N) is 2. The number of thiophene rings is 1. The standard InChI is InChI=1S/C19H25N5O6S2/c1-4-29-17(27)13-10(2)14(15(26)20-3)32-16(13)21-12(25)9-31-19-23-22-18(28)24(19)8-11-6-5-7-30-11/h11H,4-9H2,1-3H3,(H,20,26)(H,21,25)(H,22,28). The van der Waals surface area contributed by atoms with Crippen LogP contribution in [0.3, 0.4) is 0 Å². The number of hydrogen-bond acceptors (Lipinski definition) is 9. The van der Waals surface area contributed by atoms with Gasteiger partial charge < -0.3 is 20.1 Å². The van der Waals surface area contributed by atoms with Crippen molar-refractivity contribution in [3.8, 4) is 0 Å². The maximum atomic E-state index is 12.6. The van der Waals surface area contributed by atoms with Crippen molar-refractivity contribution in [2.24, 2.45) is 0 Å². The molecule has 1 fully saturated rings. The number of carbonyl (C=O) groups excluding carboxylic acids is 3. The van der Waals surface area contributed by atoms with E-state index in [0.717, 1.165) is 35.9 Å². The minimum absolute atomic E-state index is 0.0513. The number of anilines is 1. The van der Waals surface area contributed by atoms with Gasteiger partial charge in [-0.25, -0.2) is 14.7 Å². The molecule has 32 heavy (non-hydrogen) atoms. The molecule has 3 rings (SSSR count). The zero-order chi connectivity index (χ0) is 23.3. The molecule has 13 heteroatoms. The van der Waals surface area contributed by atoms with Crippen molar-refractivity contribution in [2.75, 3.05) is 31.3 Å². The van der Waals surface area contributed by atoms with Crippen LogP contribution in [-0.2, 0) is 20.8 Å². The van der Waals surface area contributed by atoms with Gasteiger partial charge in [0, 0.05) is 13.7 Å². The third-order valence-corrected chi connectivity index (χ3v) is 6.96. The number of aromatic nitrogens is 3. The Labute approximate surface area is 192 Å². The highest BCUT2D eigenvalue weighted by Crippen LogP contribution is 2.34. The Morgan fingerprint density at radius 1 is 1.41 bits per heavy atom. The number of thioether (sulfide) groups is 1. The molecule has 3 N–H and O–H groups in total. The lowest BCUT2D eigenvalue weighted by Crippen LogP contribution is -2.25. The molecule has 1 saturated heterocycles. The molecule has 1 atom stereocenters. The van der Waals surface area contributed by atoms with Crippen LogP contribution >= 0.6 is 23.1 Å². The van der Waals surface area contributed by atoms with Crippen LogP contribution in [0.25, 0.3) is 0 Å². The molecule has 0 bridgehead atoms. The summed E-state index contributed by atoms with van der Waals surface area (Å²) in [4.78, 5) is 49.5. The molecule has 0 radical (unpaired) electrons. The quantitative estimate of drug-likeness (QED) is 0.358. The van der Waals surface area contributed by atoms with Crippen LogP contribution < -0.4 is 16.3 Å². The van der Waals surface area contributed by atoms with E-state index in [1.165, 1.54) is 11.6 Å². The summed E-state index contributed by atoms with van der Waals surface area (Å²) in [6.45, 7) is 4.50. The lowest BCUT2D eigenvalue weighted by Gasteiger charge is -2.11. The van der Waals surface area contributed by atoms with Crippen molar-refractivity contribution in [1.29, 1.82) is 0 Å². The van der Waals surface area contributed by atoms with Gasteiger partial charge in [-0.15, -0.1) is 16.4 Å². The van der Waals surface area contributed by atoms with E-state index in [1.54, 1.807) is 13.8 Å². The van der Waals surface area contributed by atoms with Gasteiger partial charge in [-0.1, -0.05) is 11.8 Å². The van der Waals surface area contributed by atoms with E-state index in [9.17, 15) is 19.2 Å². The molecule has 1 aliphatic heterocycles. The summed E-state index contributed by atoms with van der Waals surface area (Å²) in [6.07, 6.45) is 1.76. The van der Waals surface area contributed by atoms with Crippen LogP contribution in [0.4, 0.5) is 5.00 Å². The number of hydrogen-bond donors (Lipinski definition) is 3. The molecule has 2 aromatic heterocycles. The third kappa shape index (κ3) is 5.40. The summed E-state index contributed by atoms with van der Waals surface area (Å²) in [6, 6.07) is 0. The molecule has 0 aromatic carbocycles. The lowest BCUT2D eigenvalue weighted by atomic mass is 10.1. The van der Waals surface area contributed by atoms with Gasteiger partial charge in [-0.3, -0.25) is 14.2 Å². The molecule has 0 spiro atoms. The zero-order valence-electron chi connectivity index (χ0n) is 18.0. The van der Waals surface area contributed by atoms with Crippen LogP contribution in [0.2, 0.25) is 0 Å². The molecular weight excluding hydrogens is 458 g/mol. The maximum Gasteiger partial charge on any atom is 0.344 e. The molecule has 2 aromatic rings. The summed E-state index contributed by atoms with van der Waals surface area (Å²) >= 11 is 2.09. The first kappa shape index (κ1) is 24.0. The highest BCUT2D eigenvalue weighted by atomic mass is 32.2. The van der Waals surface area contributed by atoms with E-state index < -0.39 is 11.9 Å². The second kappa shape index (κ2) is 10.8. The Balaban J connectivity index is 1.72. The predicted molar refractivity (Wildman–Crippen MR) is 120 cm³/mol. The number of aromatic amines is 1.